The van der Waals surface area contributed by atoms with Crippen LogP contribution in [0.4, 0.5) is 26.3 Å². The predicted octanol–water partition coefficient (Wildman–Crippen LogP) is 4.40. The SMILES string of the molecule is FC(F)(F)CCCSCCCC(F)(F)F. The molecule has 0 saturated carbocycles. The number of halogens is 6. The highest BCUT2D eigenvalue weighted by atomic mass is 32.2. The molecule has 0 aliphatic heterocycles. The topological polar surface area (TPSA) is 0 Å². The van der Waals surface area contributed by atoms with Gasteiger partial charge in [-0.25, -0.2) is 0 Å². The van der Waals surface area contributed by atoms with Gasteiger partial charge in [-0.15, -0.1) is 0 Å². The van der Waals surface area contributed by atoms with Crippen molar-refractivity contribution >= 4 is 11.8 Å². The van der Waals surface area contributed by atoms with Crippen LogP contribution in [0.15, 0.2) is 0 Å². The number of thioether (sulfide) groups is 1. The lowest BCUT2D eigenvalue weighted by molar-refractivity contribution is -0.135. The minimum absolute atomic E-state index is 0.0276. The van der Waals surface area contributed by atoms with Crippen molar-refractivity contribution in [2.24, 2.45) is 0 Å². The van der Waals surface area contributed by atoms with E-state index in [-0.39, 0.29) is 24.3 Å². The molecule has 0 aliphatic carbocycles. The molecule has 0 spiro atoms. The Morgan fingerprint density at radius 1 is 0.667 bits per heavy atom. The summed E-state index contributed by atoms with van der Waals surface area (Å²) in [6, 6.07) is 0. The van der Waals surface area contributed by atoms with Crippen LogP contribution in [0.2, 0.25) is 0 Å². The van der Waals surface area contributed by atoms with Crippen LogP contribution >= 0.6 is 11.8 Å². The minimum Gasteiger partial charge on any atom is -0.171 e. The van der Waals surface area contributed by atoms with E-state index < -0.39 is 25.2 Å². The zero-order valence-corrected chi connectivity index (χ0v) is 8.74. The van der Waals surface area contributed by atoms with E-state index in [0.717, 1.165) is 11.8 Å². The molecule has 0 aromatic rings. The maximum Gasteiger partial charge on any atom is 0.389 e. The smallest absolute Gasteiger partial charge is 0.171 e. The monoisotopic (exact) mass is 254 g/mol. The van der Waals surface area contributed by atoms with E-state index >= 15 is 0 Å². The fourth-order valence-corrected chi connectivity index (χ4v) is 1.75. The van der Waals surface area contributed by atoms with Crippen LogP contribution in [-0.2, 0) is 0 Å². The van der Waals surface area contributed by atoms with Gasteiger partial charge in [0.25, 0.3) is 0 Å². The summed E-state index contributed by atoms with van der Waals surface area (Å²) in [5.74, 6) is 0.523. The largest absolute Gasteiger partial charge is 0.389 e. The number of rotatable bonds is 6. The molecular weight excluding hydrogens is 242 g/mol. The Balaban J connectivity index is 3.20. The van der Waals surface area contributed by atoms with Crippen molar-refractivity contribution in [1.29, 1.82) is 0 Å². The molecule has 92 valence electrons. The molecule has 0 rings (SSSR count). The van der Waals surface area contributed by atoms with Crippen LogP contribution < -0.4 is 0 Å². The van der Waals surface area contributed by atoms with Crippen LogP contribution in [0.25, 0.3) is 0 Å². The third-order valence-corrected chi connectivity index (χ3v) is 2.65. The Hall–Kier alpha value is -0.0700. The van der Waals surface area contributed by atoms with Gasteiger partial charge < -0.3 is 0 Å². The molecule has 7 heteroatoms. The van der Waals surface area contributed by atoms with E-state index in [0.29, 0.717) is 0 Å². The molecule has 0 bridgehead atoms. The summed E-state index contributed by atoms with van der Waals surface area (Å²) in [5.41, 5.74) is 0. The maximum absolute atomic E-state index is 11.6. The highest BCUT2D eigenvalue weighted by molar-refractivity contribution is 7.99. The molecule has 0 nitrogen and oxygen atoms in total. The van der Waals surface area contributed by atoms with Crippen LogP contribution in [0, 0.1) is 0 Å². The third-order valence-electron chi connectivity index (χ3n) is 1.50. The Morgan fingerprint density at radius 3 is 1.27 bits per heavy atom. The summed E-state index contributed by atoms with van der Waals surface area (Å²) in [6.07, 6.45) is -10.1. The summed E-state index contributed by atoms with van der Waals surface area (Å²) in [6.45, 7) is 0. The Kier molecular flexibility index (Phi) is 6.47. The van der Waals surface area contributed by atoms with Crippen LogP contribution in [0.5, 0.6) is 0 Å². The van der Waals surface area contributed by atoms with Gasteiger partial charge >= 0.3 is 12.4 Å². The normalized spacial score (nSPS) is 13.2. The van der Waals surface area contributed by atoms with Gasteiger partial charge in [-0.3, -0.25) is 0 Å². The lowest BCUT2D eigenvalue weighted by Crippen LogP contribution is -2.08. The van der Waals surface area contributed by atoms with Crippen molar-refractivity contribution in [2.45, 2.75) is 38.0 Å². The van der Waals surface area contributed by atoms with Crippen LogP contribution in [0.3, 0.4) is 0 Å². The molecular formula is C8H12F6S. The number of hydrogen-bond donors (Lipinski definition) is 0. The van der Waals surface area contributed by atoms with Gasteiger partial charge in [0.05, 0.1) is 0 Å². The summed E-state index contributed by atoms with van der Waals surface area (Å²) >= 11 is 1.13. The lowest BCUT2D eigenvalue weighted by atomic mass is 10.3. The third kappa shape index (κ3) is 13.9. The first-order valence-electron chi connectivity index (χ1n) is 4.42. The Morgan fingerprint density at radius 2 is 1.00 bits per heavy atom. The van der Waals surface area contributed by atoms with Gasteiger partial charge in [0.1, 0.15) is 0 Å². The van der Waals surface area contributed by atoms with Gasteiger partial charge in [0.2, 0.25) is 0 Å². The molecule has 0 saturated heterocycles. The Labute approximate surface area is 88.4 Å². The van der Waals surface area contributed by atoms with Gasteiger partial charge in [-0.1, -0.05) is 0 Å². The van der Waals surface area contributed by atoms with E-state index in [1.807, 2.05) is 0 Å². The van der Waals surface area contributed by atoms with Crippen LogP contribution in [0.1, 0.15) is 25.7 Å². The zero-order chi connectivity index (χ0) is 11.9. The number of hydrogen-bond acceptors (Lipinski definition) is 1. The summed E-state index contributed by atoms with van der Waals surface area (Å²) < 4.78 is 69.8. The molecule has 0 fully saturated rings. The molecule has 0 amide bonds. The van der Waals surface area contributed by atoms with Crippen molar-refractivity contribution in [3.63, 3.8) is 0 Å². The van der Waals surface area contributed by atoms with Crippen molar-refractivity contribution < 1.29 is 26.3 Å². The summed E-state index contributed by atoms with van der Waals surface area (Å²) in [5, 5.41) is 0. The van der Waals surface area contributed by atoms with Gasteiger partial charge in [0, 0.05) is 12.8 Å². The van der Waals surface area contributed by atoms with Crippen molar-refractivity contribution in [1.82, 2.24) is 0 Å². The van der Waals surface area contributed by atoms with E-state index in [9.17, 15) is 26.3 Å². The summed E-state index contributed by atoms with van der Waals surface area (Å²) in [4.78, 5) is 0. The fourth-order valence-electron chi connectivity index (χ4n) is 0.851. The predicted molar refractivity (Wildman–Crippen MR) is 47.9 cm³/mol. The first kappa shape index (κ1) is 14.9. The second kappa shape index (κ2) is 6.50. The molecule has 0 aromatic heterocycles. The molecule has 0 N–H and O–H groups in total. The van der Waals surface area contributed by atoms with E-state index in [1.165, 1.54) is 0 Å². The average molecular weight is 254 g/mol. The molecule has 0 heterocycles. The second-order valence-electron chi connectivity index (χ2n) is 3.05. The molecule has 0 unspecified atom stereocenters. The fraction of sp³-hybridized carbons (Fsp3) is 1.00. The van der Waals surface area contributed by atoms with Crippen molar-refractivity contribution in [3.05, 3.63) is 0 Å². The van der Waals surface area contributed by atoms with Gasteiger partial charge in [-0.2, -0.15) is 38.1 Å². The minimum atomic E-state index is -4.16. The highest BCUT2D eigenvalue weighted by Gasteiger charge is 2.27. The first-order valence-corrected chi connectivity index (χ1v) is 5.57. The quantitative estimate of drug-likeness (QED) is 0.500. The van der Waals surface area contributed by atoms with Crippen molar-refractivity contribution in [2.75, 3.05) is 11.5 Å². The first-order chi connectivity index (χ1) is 6.71. The standard InChI is InChI=1S/C8H12F6S/c9-7(10,11)3-1-5-15-6-2-4-8(12,13)14/h1-6H2. The van der Waals surface area contributed by atoms with E-state index in [4.69, 9.17) is 0 Å². The van der Waals surface area contributed by atoms with Gasteiger partial charge in [0.15, 0.2) is 0 Å². The zero-order valence-electron chi connectivity index (χ0n) is 7.92. The average Bonchev–Trinajstić information content (AvgIpc) is 1.98. The van der Waals surface area contributed by atoms with E-state index in [1.54, 1.807) is 0 Å². The highest BCUT2D eigenvalue weighted by Crippen LogP contribution is 2.24. The second-order valence-corrected chi connectivity index (χ2v) is 4.27. The summed E-state index contributed by atoms with van der Waals surface area (Å²) in [7, 11) is 0. The van der Waals surface area contributed by atoms with E-state index in [2.05, 4.69) is 0 Å². The molecule has 0 aliphatic rings. The number of alkyl halides is 6. The lowest BCUT2D eigenvalue weighted by Gasteiger charge is -2.06. The van der Waals surface area contributed by atoms with Gasteiger partial charge in [-0.05, 0) is 24.3 Å². The molecule has 0 radical (unpaired) electrons. The maximum atomic E-state index is 11.6. The van der Waals surface area contributed by atoms with Crippen LogP contribution in [-0.4, -0.2) is 23.9 Å². The van der Waals surface area contributed by atoms with Crippen molar-refractivity contribution in [3.8, 4) is 0 Å². The molecule has 15 heavy (non-hydrogen) atoms. The molecule has 0 aromatic carbocycles. The molecule has 0 atom stereocenters. The Bertz CT molecular complexity index is 143.